The fourth-order valence-corrected chi connectivity index (χ4v) is 6.78. The van der Waals surface area contributed by atoms with Crippen molar-refractivity contribution in [3.63, 3.8) is 0 Å². The molecule has 4 aromatic carbocycles. The molecule has 0 saturated heterocycles. The molecule has 0 aliphatic carbocycles. The van der Waals surface area contributed by atoms with E-state index in [-0.39, 0.29) is 29.3 Å². The molecule has 0 aliphatic rings. The van der Waals surface area contributed by atoms with E-state index in [0.717, 1.165) is 15.4 Å². The first-order chi connectivity index (χ1) is 22.0. The summed E-state index contributed by atoms with van der Waals surface area (Å²) in [7, 11) is -0.0162. The molecule has 1 atom stereocenters. The van der Waals surface area contributed by atoms with Crippen molar-refractivity contribution in [2.75, 3.05) is 32.1 Å². The van der Waals surface area contributed by atoms with Crippen LogP contribution in [0.15, 0.2) is 95.9 Å². The summed E-state index contributed by atoms with van der Waals surface area (Å²) in [4.78, 5) is 29.3. The van der Waals surface area contributed by atoms with Gasteiger partial charge in [0.25, 0.3) is 10.0 Å². The molecule has 0 aromatic heterocycles. The predicted octanol–water partition coefficient (Wildman–Crippen LogP) is 5.90. The van der Waals surface area contributed by atoms with Crippen LogP contribution < -0.4 is 19.1 Å². The Bertz CT molecular complexity index is 1790. The van der Waals surface area contributed by atoms with Crippen molar-refractivity contribution in [1.29, 1.82) is 0 Å². The molecule has 4 aromatic rings. The molecule has 0 heterocycles. The number of likely N-dealkylation sites (N-methyl/N-ethyl adjacent to an activating group) is 1. The number of nitrogens with zero attached hydrogens (tertiary/aromatic N) is 2. The lowest BCUT2D eigenvalue weighted by atomic mass is 10.0. The molecule has 12 heteroatoms. The second-order valence-corrected chi connectivity index (χ2v) is 13.1. The van der Waals surface area contributed by atoms with Gasteiger partial charge in [0.15, 0.2) is 0 Å². The van der Waals surface area contributed by atoms with Crippen molar-refractivity contribution in [3.05, 3.63) is 118 Å². The van der Waals surface area contributed by atoms with Gasteiger partial charge in [0.2, 0.25) is 11.8 Å². The summed E-state index contributed by atoms with van der Waals surface area (Å²) in [5.41, 5.74) is 2.27. The molecule has 0 saturated carbocycles. The molecule has 2 amide bonds. The monoisotopic (exact) mass is 683 g/mol. The number of carbonyl (C=O) groups is 2. The zero-order valence-corrected chi connectivity index (χ0v) is 28.2. The van der Waals surface area contributed by atoms with E-state index in [2.05, 4.69) is 5.32 Å². The fraction of sp³-hybridized carbons (Fsp3) is 0.235. The zero-order chi connectivity index (χ0) is 33.4. The van der Waals surface area contributed by atoms with E-state index in [1.54, 1.807) is 42.5 Å². The first-order valence-corrected chi connectivity index (χ1v) is 16.5. The van der Waals surface area contributed by atoms with Crippen LogP contribution in [-0.4, -0.2) is 59.0 Å². The van der Waals surface area contributed by atoms with Crippen LogP contribution in [0.5, 0.6) is 11.5 Å². The minimum atomic E-state index is -4.35. The molecule has 9 nitrogen and oxygen atoms in total. The Morgan fingerprint density at radius 1 is 0.891 bits per heavy atom. The number of benzene rings is 4. The molecule has 0 aliphatic heterocycles. The maximum atomic E-state index is 14.5. The van der Waals surface area contributed by atoms with Gasteiger partial charge in [-0.25, -0.2) is 8.42 Å². The van der Waals surface area contributed by atoms with Gasteiger partial charge in [-0.3, -0.25) is 13.9 Å². The maximum absolute atomic E-state index is 14.5. The van der Waals surface area contributed by atoms with E-state index >= 15 is 0 Å². The van der Waals surface area contributed by atoms with Crippen molar-refractivity contribution in [3.8, 4) is 11.5 Å². The van der Waals surface area contributed by atoms with Crippen molar-refractivity contribution in [1.82, 2.24) is 10.2 Å². The van der Waals surface area contributed by atoms with Gasteiger partial charge in [0.1, 0.15) is 24.1 Å². The zero-order valence-electron chi connectivity index (χ0n) is 25.9. The number of rotatable bonds is 13. The van der Waals surface area contributed by atoms with E-state index < -0.39 is 34.4 Å². The van der Waals surface area contributed by atoms with E-state index in [4.69, 9.17) is 32.7 Å². The highest BCUT2D eigenvalue weighted by Crippen LogP contribution is 2.36. The summed E-state index contributed by atoms with van der Waals surface area (Å²) in [6, 6.07) is 24.0. The van der Waals surface area contributed by atoms with Crippen molar-refractivity contribution in [2.45, 2.75) is 30.8 Å². The molecule has 0 radical (unpaired) electrons. The third kappa shape index (κ3) is 8.12. The number of ether oxygens (including phenoxy) is 2. The number of hydrogen-bond donors (Lipinski definition) is 1. The summed E-state index contributed by atoms with van der Waals surface area (Å²) in [6.07, 6.45) is 0.157. The fourth-order valence-electron chi connectivity index (χ4n) is 4.90. The van der Waals surface area contributed by atoms with E-state index in [9.17, 15) is 18.0 Å². The highest BCUT2D eigenvalue weighted by atomic mass is 35.5. The summed E-state index contributed by atoms with van der Waals surface area (Å²) >= 11 is 12.7. The molecule has 46 heavy (non-hydrogen) atoms. The molecule has 242 valence electrons. The van der Waals surface area contributed by atoms with Gasteiger partial charge in [0, 0.05) is 36.1 Å². The Hall–Kier alpha value is -4.25. The largest absolute Gasteiger partial charge is 0.497 e. The van der Waals surface area contributed by atoms with Gasteiger partial charge in [-0.05, 0) is 54.4 Å². The third-order valence-electron chi connectivity index (χ3n) is 7.42. The minimum absolute atomic E-state index is 0.0322. The number of hydrogen-bond acceptors (Lipinski definition) is 6. The lowest BCUT2D eigenvalue weighted by molar-refractivity contribution is -0.139. The van der Waals surface area contributed by atoms with Gasteiger partial charge in [-0.1, -0.05) is 77.3 Å². The second-order valence-electron chi connectivity index (χ2n) is 10.4. The number of anilines is 1. The average molecular weight is 685 g/mol. The lowest BCUT2D eigenvalue weighted by Gasteiger charge is -2.34. The number of amides is 2. The van der Waals surface area contributed by atoms with E-state index in [0.29, 0.717) is 21.4 Å². The number of nitrogens with one attached hydrogen (secondary N) is 1. The van der Waals surface area contributed by atoms with Crippen LogP contribution in [0.25, 0.3) is 0 Å². The summed E-state index contributed by atoms with van der Waals surface area (Å²) in [5.74, 6) is -0.543. The SMILES string of the molecule is CNC(=O)[C@@H](Cc1ccccc1)N(Cc1ccc(Cl)cc1Cl)C(=O)CN(c1cc(OC)ccc1OC)S(=O)(=O)c1ccc(C)cc1. The molecule has 0 bridgehead atoms. The summed E-state index contributed by atoms with van der Waals surface area (Å²) in [5, 5.41) is 3.35. The van der Waals surface area contributed by atoms with Crippen LogP contribution in [0.3, 0.4) is 0 Å². The maximum Gasteiger partial charge on any atom is 0.264 e. The Kier molecular flexibility index (Phi) is 11.6. The molecule has 4 rings (SSSR count). The molecular weight excluding hydrogens is 649 g/mol. The lowest BCUT2D eigenvalue weighted by Crippen LogP contribution is -2.53. The highest BCUT2D eigenvalue weighted by Gasteiger charge is 2.35. The predicted molar refractivity (Wildman–Crippen MR) is 180 cm³/mol. The number of aryl methyl sites for hydroxylation is 1. The number of sulfonamides is 1. The van der Waals surface area contributed by atoms with Crippen LogP contribution in [-0.2, 0) is 32.6 Å². The average Bonchev–Trinajstić information content (AvgIpc) is 3.05. The third-order valence-corrected chi connectivity index (χ3v) is 9.78. The Balaban J connectivity index is 1.87. The summed E-state index contributed by atoms with van der Waals surface area (Å²) < 4.78 is 40.5. The number of carbonyl (C=O) groups excluding carboxylic acids is 2. The highest BCUT2D eigenvalue weighted by molar-refractivity contribution is 7.92. The Morgan fingerprint density at radius 2 is 1.59 bits per heavy atom. The van der Waals surface area contributed by atoms with Crippen molar-refractivity contribution < 1.29 is 27.5 Å². The normalized spacial score (nSPS) is 11.8. The first kappa shape index (κ1) is 34.6. The van der Waals surface area contributed by atoms with E-state index in [1.165, 1.54) is 44.4 Å². The van der Waals surface area contributed by atoms with Gasteiger partial charge in [-0.15, -0.1) is 0 Å². The van der Waals surface area contributed by atoms with Gasteiger partial charge in [0.05, 0.1) is 24.8 Å². The van der Waals surface area contributed by atoms with Gasteiger partial charge >= 0.3 is 0 Å². The standard InChI is InChI=1S/C34H35Cl2N3O6S/c1-23-10-15-28(16-11-23)46(42,43)39(30-20-27(44-3)14-17-32(30)45-4)22-33(40)38(21-25-12-13-26(35)19-29(25)36)31(34(41)37-2)18-24-8-6-5-7-9-24/h5-17,19-20,31H,18,21-22H2,1-4H3,(H,37,41)/t31-/m1/s1. The number of halogens is 2. The van der Waals surface area contributed by atoms with Crippen molar-refractivity contribution >= 4 is 50.7 Å². The smallest absolute Gasteiger partial charge is 0.264 e. The molecule has 0 spiro atoms. The second kappa shape index (κ2) is 15.4. The van der Waals surface area contributed by atoms with Crippen molar-refractivity contribution in [2.24, 2.45) is 0 Å². The Morgan fingerprint density at radius 3 is 2.20 bits per heavy atom. The number of methoxy groups -OCH3 is 2. The molecule has 0 unspecified atom stereocenters. The van der Waals surface area contributed by atoms with E-state index in [1.807, 2.05) is 37.3 Å². The van der Waals surface area contributed by atoms with Crippen LogP contribution in [0.2, 0.25) is 10.0 Å². The first-order valence-electron chi connectivity index (χ1n) is 14.3. The minimum Gasteiger partial charge on any atom is -0.497 e. The summed E-state index contributed by atoms with van der Waals surface area (Å²) in [6.45, 7) is 1.06. The molecular formula is C34H35Cl2N3O6S. The van der Waals surface area contributed by atoms with Gasteiger partial charge in [-0.2, -0.15) is 0 Å². The van der Waals surface area contributed by atoms with Crippen LogP contribution in [0.1, 0.15) is 16.7 Å². The van der Waals surface area contributed by atoms with Crippen LogP contribution >= 0.6 is 23.2 Å². The van der Waals surface area contributed by atoms with Crippen LogP contribution in [0, 0.1) is 6.92 Å². The topological polar surface area (TPSA) is 105 Å². The molecule has 0 fully saturated rings. The quantitative estimate of drug-likeness (QED) is 0.188. The molecule has 1 N–H and O–H groups in total. The van der Waals surface area contributed by atoms with Crippen LogP contribution in [0.4, 0.5) is 5.69 Å². The Labute approximate surface area is 279 Å². The van der Waals surface area contributed by atoms with Gasteiger partial charge < -0.3 is 19.7 Å².